The second-order valence-electron chi connectivity index (χ2n) is 9.27. The van der Waals surface area contributed by atoms with Crippen molar-refractivity contribution in [1.82, 2.24) is 25.6 Å². The van der Waals surface area contributed by atoms with Crippen molar-refractivity contribution in [3.05, 3.63) is 40.9 Å². The van der Waals surface area contributed by atoms with Crippen LogP contribution >= 0.6 is 11.6 Å². The summed E-state index contributed by atoms with van der Waals surface area (Å²) in [6.45, 7) is 2.88. The first-order valence-corrected chi connectivity index (χ1v) is 11.8. The van der Waals surface area contributed by atoms with Crippen molar-refractivity contribution in [2.45, 2.75) is 43.5 Å². The number of nitrogens with one attached hydrogen (secondary N) is 2. The maximum Gasteiger partial charge on any atom is 0.393 e. The summed E-state index contributed by atoms with van der Waals surface area (Å²) in [5, 5.41) is 15.8. The summed E-state index contributed by atoms with van der Waals surface area (Å²) in [5.74, 6) is -2.48. The Bertz CT molecular complexity index is 1110. The Labute approximate surface area is 210 Å². The van der Waals surface area contributed by atoms with Crippen LogP contribution in [0.4, 0.5) is 13.2 Å². The molecule has 0 spiro atoms. The van der Waals surface area contributed by atoms with Crippen LogP contribution in [-0.2, 0) is 15.9 Å². The predicted octanol–water partition coefficient (Wildman–Crippen LogP) is 3.28. The van der Waals surface area contributed by atoms with Gasteiger partial charge >= 0.3 is 12.1 Å². The fourth-order valence-electron chi connectivity index (χ4n) is 5.06. The first-order chi connectivity index (χ1) is 17.0. The minimum absolute atomic E-state index is 0.0558. The number of aliphatic carboxylic acids is 1. The van der Waals surface area contributed by atoms with E-state index in [9.17, 15) is 23.1 Å². The van der Waals surface area contributed by atoms with Gasteiger partial charge in [-0.1, -0.05) is 18.5 Å². The Hall–Kier alpha value is -2.70. The summed E-state index contributed by atoms with van der Waals surface area (Å²) in [5.41, 5.74) is -1.61. The van der Waals surface area contributed by atoms with E-state index < -0.39 is 48.6 Å². The van der Waals surface area contributed by atoms with Gasteiger partial charge in [-0.05, 0) is 13.0 Å². The van der Waals surface area contributed by atoms with E-state index in [2.05, 4.69) is 25.6 Å². The molecule has 0 saturated carbocycles. The number of pyridine rings is 1. The maximum atomic E-state index is 13.3. The van der Waals surface area contributed by atoms with Gasteiger partial charge in [0.1, 0.15) is 5.60 Å². The normalized spacial score (nSPS) is 28.6. The van der Waals surface area contributed by atoms with E-state index in [1.807, 2.05) is 6.92 Å². The van der Waals surface area contributed by atoms with Gasteiger partial charge in [0.15, 0.2) is 0 Å². The van der Waals surface area contributed by atoms with Gasteiger partial charge in [-0.15, -0.1) is 0 Å². The smallest absolute Gasteiger partial charge is 0.393 e. The topological polar surface area (TPSA) is 118 Å². The molecule has 2 aromatic rings. The van der Waals surface area contributed by atoms with Gasteiger partial charge in [0.25, 0.3) is 0 Å². The molecule has 2 aromatic heterocycles. The summed E-state index contributed by atoms with van der Waals surface area (Å²) in [7, 11) is 1.50. The van der Waals surface area contributed by atoms with Crippen molar-refractivity contribution in [3.8, 4) is 11.8 Å². The lowest BCUT2D eigenvalue weighted by molar-refractivity contribution is -0.170. The molecule has 9 nitrogen and oxygen atoms in total. The summed E-state index contributed by atoms with van der Waals surface area (Å²) >= 11 is 6.53. The maximum absolute atomic E-state index is 13.3. The fourth-order valence-corrected chi connectivity index (χ4v) is 5.33. The fraction of sp³-hybridized carbons (Fsp3) is 0.565. The van der Waals surface area contributed by atoms with E-state index in [0.717, 1.165) is 0 Å². The molecular formula is C23H27ClF3N5O4. The van der Waals surface area contributed by atoms with Crippen molar-refractivity contribution in [3.63, 3.8) is 0 Å². The lowest BCUT2D eigenvalue weighted by Crippen LogP contribution is -2.51. The molecular weight excluding hydrogens is 503 g/mol. The van der Waals surface area contributed by atoms with Crippen molar-refractivity contribution < 1.29 is 32.5 Å². The van der Waals surface area contributed by atoms with Crippen LogP contribution in [0, 0.1) is 11.8 Å². The molecule has 36 heavy (non-hydrogen) atoms. The number of methoxy groups -OCH3 is 1. The van der Waals surface area contributed by atoms with Gasteiger partial charge in [-0.2, -0.15) is 13.2 Å². The molecule has 0 radical (unpaired) electrons. The highest BCUT2D eigenvalue weighted by Gasteiger charge is 2.52. The molecule has 0 unspecified atom stereocenters. The van der Waals surface area contributed by atoms with Gasteiger partial charge < -0.3 is 25.2 Å². The zero-order valence-electron chi connectivity index (χ0n) is 19.7. The van der Waals surface area contributed by atoms with Crippen LogP contribution in [-0.4, -0.2) is 58.9 Å². The van der Waals surface area contributed by atoms with E-state index in [0.29, 0.717) is 36.0 Å². The molecule has 0 aromatic carbocycles. The van der Waals surface area contributed by atoms with E-state index in [1.165, 1.54) is 25.7 Å². The molecule has 4 heterocycles. The number of piperidine rings is 1. The third-order valence-electron chi connectivity index (χ3n) is 7.02. The van der Waals surface area contributed by atoms with Gasteiger partial charge in [0.05, 0.1) is 48.1 Å². The summed E-state index contributed by atoms with van der Waals surface area (Å²) in [6, 6.07) is 1.72. The highest BCUT2D eigenvalue weighted by atomic mass is 35.5. The van der Waals surface area contributed by atoms with Crippen molar-refractivity contribution >= 4 is 17.6 Å². The minimum Gasteiger partial charge on any atom is -0.481 e. The number of alkyl halides is 3. The first kappa shape index (κ1) is 26.4. The first-order valence-electron chi connectivity index (χ1n) is 11.4. The van der Waals surface area contributed by atoms with Crippen molar-refractivity contribution in [1.29, 1.82) is 0 Å². The van der Waals surface area contributed by atoms with Crippen LogP contribution in [0.15, 0.2) is 24.7 Å². The third-order valence-corrected chi connectivity index (χ3v) is 7.32. The Balaban J connectivity index is 1.67. The number of nitrogens with zero attached hydrogens (tertiary/aromatic N) is 3. The minimum atomic E-state index is -4.45. The molecule has 2 aliphatic heterocycles. The van der Waals surface area contributed by atoms with Gasteiger partial charge in [-0.3, -0.25) is 9.78 Å². The number of carbonyl (C=O) groups is 1. The second-order valence-corrected chi connectivity index (χ2v) is 9.68. The Morgan fingerprint density at radius 3 is 2.56 bits per heavy atom. The number of carboxylic acid groups (broad SMARTS) is 1. The lowest BCUT2D eigenvalue weighted by atomic mass is 9.77. The average Bonchev–Trinajstić information content (AvgIpc) is 3.26. The zero-order valence-corrected chi connectivity index (χ0v) is 20.5. The Kier molecular flexibility index (Phi) is 7.31. The van der Waals surface area contributed by atoms with E-state index in [4.69, 9.17) is 21.1 Å². The summed E-state index contributed by atoms with van der Waals surface area (Å²) < 4.78 is 51.7. The lowest BCUT2D eigenvalue weighted by Gasteiger charge is -2.43. The number of rotatable bonds is 7. The predicted molar refractivity (Wildman–Crippen MR) is 123 cm³/mol. The third kappa shape index (κ3) is 5.07. The molecule has 196 valence electrons. The van der Waals surface area contributed by atoms with Crippen LogP contribution in [0.25, 0.3) is 0 Å². The molecule has 2 fully saturated rings. The molecule has 0 aliphatic carbocycles. The van der Waals surface area contributed by atoms with E-state index >= 15 is 0 Å². The largest absolute Gasteiger partial charge is 0.481 e. The highest BCUT2D eigenvalue weighted by molar-refractivity contribution is 6.31. The molecule has 3 N–H and O–H groups in total. The molecule has 4 atom stereocenters. The number of carboxylic acids is 1. The van der Waals surface area contributed by atoms with E-state index in [1.54, 1.807) is 6.07 Å². The van der Waals surface area contributed by atoms with E-state index in [-0.39, 0.29) is 17.5 Å². The number of aromatic nitrogens is 3. The Morgan fingerprint density at radius 2 is 1.97 bits per heavy atom. The quantitative estimate of drug-likeness (QED) is 0.496. The molecule has 13 heteroatoms. The SMILES string of the molecule is COc1cc([C@@]2(Oc3cnc([C@]4(CC(=O)O)C[C@@H](C(F)(F)F)CN4)cn3)CCNC[C@H]2C)c(Cl)cn1. The number of hydrogen-bond donors (Lipinski definition) is 3. The summed E-state index contributed by atoms with van der Waals surface area (Å²) in [6.07, 6.45) is -0.843. The molecule has 4 rings (SSSR count). The van der Waals surface area contributed by atoms with Crippen LogP contribution in [0.5, 0.6) is 11.8 Å². The monoisotopic (exact) mass is 529 g/mol. The van der Waals surface area contributed by atoms with Crippen molar-refractivity contribution in [2.24, 2.45) is 11.8 Å². The summed E-state index contributed by atoms with van der Waals surface area (Å²) in [4.78, 5) is 24.3. The molecule has 2 saturated heterocycles. The number of halogens is 4. The molecule has 2 aliphatic rings. The standard InChI is InChI=1S/C23H27ClF3N5O4/c1-13-8-28-4-3-22(13,15-5-18(35-2)30-10-16(15)24)36-19-12-29-17(11-31-19)21(7-20(33)34)6-14(9-32-21)23(25,26)27/h5,10-14,28,32H,3-4,6-9H2,1-2H3,(H,33,34)/t13-,14-,21-,22-/m1/s1. The van der Waals surface area contributed by atoms with Crippen LogP contribution < -0.4 is 20.1 Å². The average molecular weight is 530 g/mol. The Morgan fingerprint density at radius 1 is 1.22 bits per heavy atom. The van der Waals surface area contributed by atoms with Crippen LogP contribution in [0.1, 0.15) is 37.4 Å². The van der Waals surface area contributed by atoms with Crippen molar-refractivity contribution in [2.75, 3.05) is 26.7 Å². The molecule has 0 bridgehead atoms. The molecule has 0 amide bonds. The second kappa shape index (κ2) is 9.98. The van der Waals surface area contributed by atoms with Crippen LogP contribution in [0.3, 0.4) is 0 Å². The van der Waals surface area contributed by atoms with Gasteiger partial charge in [0, 0.05) is 43.3 Å². The van der Waals surface area contributed by atoms with Gasteiger partial charge in [-0.25, -0.2) is 9.97 Å². The number of ether oxygens (including phenoxy) is 2. The highest BCUT2D eigenvalue weighted by Crippen LogP contribution is 2.45. The number of hydrogen-bond acceptors (Lipinski definition) is 8. The van der Waals surface area contributed by atoms with Crippen LogP contribution in [0.2, 0.25) is 5.02 Å². The zero-order chi connectivity index (χ0) is 26.1. The van der Waals surface area contributed by atoms with Gasteiger partial charge in [0.2, 0.25) is 11.8 Å².